The van der Waals surface area contributed by atoms with E-state index in [0.717, 1.165) is 11.0 Å². The van der Waals surface area contributed by atoms with Gasteiger partial charge in [0.05, 0.1) is 11.0 Å². The minimum atomic E-state index is -0.0374. The maximum absolute atomic E-state index is 11.8. The van der Waals surface area contributed by atoms with Crippen molar-refractivity contribution in [1.29, 1.82) is 0 Å². The number of benzene rings is 1. The van der Waals surface area contributed by atoms with Crippen LogP contribution in [-0.2, 0) is 18.5 Å². The predicted octanol–water partition coefficient (Wildman–Crippen LogP) is 1.33. The molecule has 0 spiro atoms. The molecule has 0 unspecified atom stereocenters. The zero-order chi connectivity index (χ0) is 10.8. The van der Waals surface area contributed by atoms with Crippen LogP contribution < -0.4 is 5.69 Å². The minimum absolute atomic E-state index is 0.0374. The number of imidazole rings is 1. The van der Waals surface area contributed by atoms with Crippen molar-refractivity contribution in [1.82, 2.24) is 9.13 Å². The lowest BCUT2D eigenvalue weighted by atomic mass is 10.3. The van der Waals surface area contributed by atoms with E-state index >= 15 is 0 Å². The number of para-hydroxylation sites is 2. The van der Waals surface area contributed by atoms with E-state index in [1.165, 1.54) is 0 Å². The third-order valence-corrected chi connectivity index (χ3v) is 2.48. The lowest BCUT2D eigenvalue weighted by molar-refractivity contribution is 0.0879. The second-order valence-corrected chi connectivity index (χ2v) is 3.38. The summed E-state index contributed by atoms with van der Waals surface area (Å²) in [5, 5.41) is 0. The summed E-state index contributed by atoms with van der Waals surface area (Å²) in [7, 11) is 1.77. The molecule has 0 radical (unpaired) electrons. The van der Waals surface area contributed by atoms with E-state index in [-0.39, 0.29) is 5.69 Å². The van der Waals surface area contributed by atoms with Crippen LogP contribution in [-0.4, -0.2) is 15.7 Å². The van der Waals surface area contributed by atoms with Crippen LogP contribution in [0.5, 0.6) is 0 Å². The van der Waals surface area contributed by atoms with Gasteiger partial charge in [0.15, 0.2) is 0 Å². The molecule has 0 saturated heterocycles. The highest BCUT2D eigenvalue weighted by Gasteiger charge is 2.08. The summed E-state index contributed by atoms with van der Waals surface area (Å²) in [5.74, 6) is 0. The number of aryl methyl sites for hydroxylation is 1. The van der Waals surface area contributed by atoms with Crippen molar-refractivity contribution in [3.63, 3.8) is 0 Å². The summed E-state index contributed by atoms with van der Waals surface area (Å²) in [5.41, 5.74) is 1.81. The van der Waals surface area contributed by atoms with Gasteiger partial charge in [-0.2, -0.15) is 0 Å². The molecule has 0 aliphatic carbocycles. The average molecular weight is 206 g/mol. The van der Waals surface area contributed by atoms with Gasteiger partial charge in [0.1, 0.15) is 6.73 Å². The molecule has 0 saturated carbocycles. The molecule has 2 rings (SSSR count). The number of aromatic nitrogens is 2. The van der Waals surface area contributed by atoms with E-state index in [1.807, 2.05) is 31.2 Å². The summed E-state index contributed by atoms with van der Waals surface area (Å²) < 4.78 is 8.54. The Balaban J connectivity index is 2.62. The number of hydrogen-bond donors (Lipinski definition) is 0. The third kappa shape index (κ3) is 1.57. The number of fused-ring (bicyclic) bond motifs is 1. The largest absolute Gasteiger partial charge is 0.361 e. The molecule has 0 atom stereocenters. The molecular formula is C11H14N2O2. The summed E-state index contributed by atoms with van der Waals surface area (Å²) in [6.45, 7) is 2.84. The van der Waals surface area contributed by atoms with E-state index in [1.54, 1.807) is 16.2 Å². The second-order valence-electron chi connectivity index (χ2n) is 3.38. The van der Waals surface area contributed by atoms with E-state index < -0.39 is 0 Å². The number of rotatable bonds is 3. The first-order chi connectivity index (χ1) is 7.25. The van der Waals surface area contributed by atoms with Crippen molar-refractivity contribution >= 4 is 11.0 Å². The number of nitrogens with zero attached hydrogens (tertiary/aromatic N) is 2. The maximum Gasteiger partial charge on any atom is 0.330 e. The molecule has 0 N–H and O–H groups in total. The van der Waals surface area contributed by atoms with Crippen molar-refractivity contribution in [3.05, 3.63) is 34.7 Å². The molecule has 4 heteroatoms. The molecule has 4 nitrogen and oxygen atoms in total. The van der Waals surface area contributed by atoms with Gasteiger partial charge in [-0.15, -0.1) is 0 Å². The Morgan fingerprint density at radius 2 is 1.93 bits per heavy atom. The van der Waals surface area contributed by atoms with Crippen LogP contribution in [0, 0.1) is 0 Å². The van der Waals surface area contributed by atoms with Crippen LogP contribution in [0.3, 0.4) is 0 Å². The minimum Gasteiger partial charge on any atom is -0.361 e. The Bertz CT molecular complexity index is 525. The Morgan fingerprint density at radius 1 is 1.27 bits per heavy atom. The fourth-order valence-corrected chi connectivity index (χ4v) is 1.67. The van der Waals surface area contributed by atoms with Crippen LogP contribution in [0.15, 0.2) is 29.1 Å². The van der Waals surface area contributed by atoms with Gasteiger partial charge >= 0.3 is 5.69 Å². The fraction of sp³-hybridized carbons (Fsp3) is 0.364. The monoisotopic (exact) mass is 206 g/mol. The topological polar surface area (TPSA) is 36.2 Å². The van der Waals surface area contributed by atoms with Gasteiger partial charge in [0, 0.05) is 13.7 Å². The molecule has 2 aromatic rings. The Hall–Kier alpha value is -1.55. The van der Waals surface area contributed by atoms with Crippen molar-refractivity contribution in [2.75, 3.05) is 6.61 Å². The number of hydrogen-bond acceptors (Lipinski definition) is 2. The fourth-order valence-electron chi connectivity index (χ4n) is 1.67. The molecule has 0 amide bonds. The van der Waals surface area contributed by atoms with Gasteiger partial charge in [-0.3, -0.25) is 9.13 Å². The van der Waals surface area contributed by atoms with Crippen molar-refractivity contribution < 1.29 is 4.74 Å². The van der Waals surface area contributed by atoms with Gasteiger partial charge in [0.25, 0.3) is 0 Å². The first-order valence-corrected chi connectivity index (χ1v) is 4.97. The van der Waals surface area contributed by atoms with Crippen LogP contribution in [0.1, 0.15) is 6.92 Å². The third-order valence-electron chi connectivity index (χ3n) is 2.48. The Labute approximate surface area is 87.7 Å². The Morgan fingerprint density at radius 3 is 2.60 bits per heavy atom. The summed E-state index contributed by atoms with van der Waals surface area (Å²) in [4.78, 5) is 11.8. The van der Waals surface area contributed by atoms with Gasteiger partial charge in [0.2, 0.25) is 0 Å². The van der Waals surface area contributed by atoms with Gasteiger partial charge < -0.3 is 4.74 Å². The first kappa shape index (κ1) is 9.98. The van der Waals surface area contributed by atoms with Crippen LogP contribution >= 0.6 is 0 Å². The van der Waals surface area contributed by atoms with E-state index in [9.17, 15) is 4.79 Å². The zero-order valence-corrected chi connectivity index (χ0v) is 8.93. The molecule has 0 bridgehead atoms. The lowest BCUT2D eigenvalue weighted by Crippen LogP contribution is -2.23. The highest BCUT2D eigenvalue weighted by molar-refractivity contribution is 5.75. The van der Waals surface area contributed by atoms with Crippen molar-refractivity contribution in [2.45, 2.75) is 13.7 Å². The van der Waals surface area contributed by atoms with Gasteiger partial charge in [-0.1, -0.05) is 12.1 Å². The molecule has 80 valence electrons. The molecule has 15 heavy (non-hydrogen) atoms. The summed E-state index contributed by atoms with van der Waals surface area (Å²) >= 11 is 0. The molecule has 1 aromatic heterocycles. The second kappa shape index (κ2) is 3.90. The SMILES string of the molecule is CCOCn1c(=O)n(C)c2ccccc21. The molecule has 0 fully saturated rings. The average Bonchev–Trinajstić information content (AvgIpc) is 2.51. The smallest absolute Gasteiger partial charge is 0.330 e. The number of ether oxygens (including phenoxy) is 1. The van der Waals surface area contributed by atoms with Gasteiger partial charge in [-0.25, -0.2) is 4.79 Å². The predicted molar refractivity (Wildman–Crippen MR) is 58.8 cm³/mol. The maximum atomic E-state index is 11.8. The van der Waals surface area contributed by atoms with Crippen LogP contribution in [0.4, 0.5) is 0 Å². The summed E-state index contributed by atoms with van der Waals surface area (Å²) in [6.07, 6.45) is 0. The highest BCUT2D eigenvalue weighted by Crippen LogP contribution is 2.11. The molecule has 1 aromatic carbocycles. The van der Waals surface area contributed by atoms with Crippen molar-refractivity contribution in [3.8, 4) is 0 Å². The molecular weight excluding hydrogens is 192 g/mol. The summed E-state index contributed by atoms with van der Waals surface area (Å²) in [6, 6.07) is 7.70. The highest BCUT2D eigenvalue weighted by atomic mass is 16.5. The quantitative estimate of drug-likeness (QED) is 0.759. The van der Waals surface area contributed by atoms with Gasteiger partial charge in [-0.05, 0) is 19.1 Å². The zero-order valence-electron chi connectivity index (χ0n) is 8.93. The van der Waals surface area contributed by atoms with E-state index in [2.05, 4.69) is 0 Å². The van der Waals surface area contributed by atoms with E-state index in [4.69, 9.17) is 4.74 Å². The molecule has 0 aliphatic heterocycles. The van der Waals surface area contributed by atoms with E-state index in [0.29, 0.717) is 13.3 Å². The van der Waals surface area contributed by atoms with Crippen molar-refractivity contribution in [2.24, 2.45) is 7.05 Å². The molecule has 0 aliphatic rings. The molecule has 1 heterocycles. The van der Waals surface area contributed by atoms with Crippen LogP contribution in [0.2, 0.25) is 0 Å². The Kier molecular flexibility index (Phi) is 2.60. The first-order valence-electron chi connectivity index (χ1n) is 4.97. The van der Waals surface area contributed by atoms with Crippen LogP contribution in [0.25, 0.3) is 11.0 Å². The normalized spacial score (nSPS) is 11.1. The standard InChI is InChI=1S/C11H14N2O2/c1-3-15-8-13-10-7-5-4-6-9(10)12(2)11(13)14/h4-7H,3,8H2,1-2H3. The lowest BCUT2D eigenvalue weighted by Gasteiger charge is -2.01.